The van der Waals surface area contributed by atoms with Crippen molar-refractivity contribution in [2.24, 2.45) is 0 Å². The van der Waals surface area contributed by atoms with Crippen LogP contribution in [0.1, 0.15) is 5.56 Å². The fourth-order valence-corrected chi connectivity index (χ4v) is 1.72. The molecule has 0 radical (unpaired) electrons. The Morgan fingerprint density at radius 1 is 1.00 bits per heavy atom. The van der Waals surface area contributed by atoms with Gasteiger partial charge in [0.15, 0.2) is 0 Å². The van der Waals surface area contributed by atoms with E-state index in [0.717, 1.165) is 22.5 Å². The van der Waals surface area contributed by atoms with Gasteiger partial charge in [0.05, 0.1) is 17.4 Å². The maximum absolute atomic E-state index is 5.76. The molecule has 0 aliphatic rings. The van der Waals surface area contributed by atoms with Gasteiger partial charge in [-0.25, -0.2) is 4.98 Å². The molecule has 0 bridgehead atoms. The molecule has 1 N–H and O–H groups in total. The molecule has 3 aromatic rings. The molecule has 0 atom stereocenters. The largest absolute Gasteiger partial charge is 0.457 e. The van der Waals surface area contributed by atoms with Crippen LogP contribution >= 0.6 is 0 Å². The molecule has 3 rings (SSSR count). The van der Waals surface area contributed by atoms with Crippen LogP contribution in [-0.4, -0.2) is 9.97 Å². The number of nitrogens with one attached hydrogen (secondary N) is 1. The monoisotopic (exact) mass is 224 g/mol. The average Bonchev–Trinajstić information content (AvgIpc) is 2.79. The predicted molar refractivity (Wildman–Crippen MR) is 67.3 cm³/mol. The number of hydrogen-bond acceptors (Lipinski definition) is 2. The Hall–Kier alpha value is -2.29. The maximum atomic E-state index is 5.76. The standard InChI is InChI=1S/C14H12N2O/c1-10-2-4-11(5-3-10)17-12-6-7-13-14(8-12)16-9-15-13/h2-9H,1H3,(H,15,16). The van der Waals surface area contributed by atoms with E-state index in [0.29, 0.717) is 0 Å². The minimum Gasteiger partial charge on any atom is -0.457 e. The first-order valence-corrected chi connectivity index (χ1v) is 5.49. The highest BCUT2D eigenvalue weighted by Gasteiger charge is 2.00. The van der Waals surface area contributed by atoms with Crippen LogP contribution in [0.15, 0.2) is 48.8 Å². The van der Waals surface area contributed by atoms with Crippen molar-refractivity contribution < 1.29 is 4.74 Å². The van der Waals surface area contributed by atoms with E-state index in [1.807, 2.05) is 42.5 Å². The number of rotatable bonds is 2. The molecule has 3 heteroatoms. The van der Waals surface area contributed by atoms with Gasteiger partial charge in [0.2, 0.25) is 0 Å². The third kappa shape index (κ3) is 1.99. The zero-order valence-electron chi connectivity index (χ0n) is 9.47. The molecular formula is C14H12N2O. The third-order valence-electron chi connectivity index (χ3n) is 2.65. The molecule has 17 heavy (non-hydrogen) atoms. The zero-order chi connectivity index (χ0) is 11.7. The van der Waals surface area contributed by atoms with Crippen LogP contribution in [0.2, 0.25) is 0 Å². The summed E-state index contributed by atoms with van der Waals surface area (Å²) in [5, 5.41) is 0. The molecule has 0 saturated carbocycles. The summed E-state index contributed by atoms with van der Waals surface area (Å²) in [6.45, 7) is 2.06. The van der Waals surface area contributed by atoms with Gasteiger partial charge in [-0.1, -0.05) is 17.7 Å². The number of nitrogens with zero attached hydrogens (tertiary/aromatic N) is 1. The molecule has 0 aliphatic heterocycles. The highest BCUT2D eigenvalue weighted by molar-refractivity contribution is 5.76. The van der Waals surface area contributed by atoms with Crippen molar-refractivity contribution in [1.82, 2.24) is 9.97 Å². The van der Waals surface area contributed by atoms with Crippen LogP contribution < -0.4 is 4.74 Å². The molecule has 0 amide bonds. The summed E-state index contributed by atoms with van der Waals surface area (Å²) in [5.41, 5.74) is 3.15. The van der Waals surface area contributed by atoms with E-state index in [1.165, 1.54) is 5.56 Å². The lowest BCUT2D eigenvalue weighted by molar-refractivity contribution is 0.483. The molecule has 0 saturated heterocycles. The highest BCUT2D eigenvalue weighted by Crippen LogP contribution is 2.24. The Bertz CT molecular complexity index is 641. The minimum atomic E-state index is 0.799. The number of H-pyrrole nitrogens is 1. The summed E-state index contributed by atoms with van der Waals surface area (Å²) in [6, 6.07) is 13.8. The van der Waals surface area contributed by atoms with Gasteiger partial charge in [0.1, 0.15) is 11.5 Å². The summed E-state index contributed by atoms with van der Waals surface area (Å²) in [7, 11) is 0. The van der Waals surface area contributed by atoms with Crippen molar-refractivity contribution in [2.45, 2.75) is 6.92 Å². The van der Waals surface area contributed by atoms with Crippen LogP contribution in [0.5, 0.6) is 11.5 Å². The number of aryl methyl sites for hydroxylation is 1. The molecule has 0 unspecified atom stereocenters. The first kappa shape index (κ1) is 9.90. The van der Waals surface area contributed by atoms with Crippen molar-refractivity contribution in [1.29, 1.82) is 0 Å². The number of aromatic nitrogens is 2. The van der Waals surface area contributed by atoms with Gasteiger partial charge in [0.25, 0.3) is 0 Å². The van der Waals surface area contributed by atoms with Crippen molar-refractivity contribution in [3.63, 3.8) is 0 Å². The van der Waals surface area contributed by atoms with Crippen molar-refractivity contribution in [3.05, 3.63) is 54.4 Å². The topological polar surface area (TPSA) is 37.9 Å². The number of hydrogen-bond donors (Lipinski definition) is 1. The second kappa shape index (κ2) is 3.94. The maximum Gasteiger partial charge on any atom is 0.129 e. The molecular weight excluding hydrogens is 212 g/mol. The molecule has 2 aromatic carbocycles. The first-order valence-electron chi connectivity index (χ1n) is 5.49. The smallest absolute Gasteiger partial charge is 0.129 e. The Labute approximate surface area is 99.1 Å². The van der Waals surface area contributed by atoms with Crippen LogP contribution in [0.3, 0.4) is 0 Å². The van der Waals surface area contributed by atoms with Gasteiger partial charge in [0, 0.05) is 6.07 Å². The van der Waals surface area contributed by atoms with Crippen LogP contribution in [0.4, 0.5) is 0 Å². The van der Waals surface area contributed by atoms with Gasteiger partial charge >= 0.3 is 0 Å². The second-order valence-electron chi connectivity index (χ2n) is 4.00. The van der Waals surface area contributed by atoms with Crippen LogP contribution in [0, 0.1) is 6.92 Å². The minimum absolute atomic E-state index is 0.799. The summed E-state index contributed by atoms with van der Waals surface area (Å²) in [4.78, 5) is 7.25. The van der Waals surface area contributed by atoms with Crippen molar-refractivity contribution in [3.8, 4) is 11.5 Å². The van der Waals surface area contributed by atoms with E-state index in [9.17, 15) is 0 Å². The Balaban J connectivity index is 1.91. The van der Waals surface area contributed by atoms with E-state index in [-0.39, 0.29) is 0 Å². The molecule has 0 spiro atoms. The fraction of sp³-hybridized carbons (Fsp3) is 0.0714. The molecule has 3 nitrogen and oxygen atoms in total. The van der Waals surface area contributed by atoms with Gasteiger partial charge in [-0.2, -0.15) is 0 Å². The van der Waals surface area contributed by atoms with Crippen LogP contribution in [-0.2, 0) is 0 Å². The second-order valence-corrected chi connectivity index (χ2v) is 4.00. The van der Waals surface area contributed by atoms with Crippen LogP contribution in [0.25, 0.3) is 11.0 Å². The average molecular weight is 224 g/mol. The Morgan fingerprint density at radius 3 is 2.59 bits per heavy atom. The lowest BCUT2D eigenvalue weighted by atomic mass is 10.2. The molecule has 0 aliphatic carbocycles. The number of imidazole rings is 1. The quantitative estimate of drug-likeness (QED) is 0.721. The predicted octanol–water partition coefficient (Wildman–Crippen LogP) is 3.66. The lowest BCUT2D eigenvalue weighted by Gasteiger charge is -2.05. The molecule has 0 fully saturated rings. The van der Waals surface area contributed by atoms with Crippen molar-refractivity contribution >= 4 is 11.0 Å². The van der Waals surface area contributed by atoms with E-state index in [1.54, 1.807) is 6.33 Å². The normalized spacial score (nSPS) is 10.6. The molecule has 1 heterocycles. The van der Waals surface area contributed by atoms with E-state index < -0.39 is 0 Å². The van der Waals surface area contributed by atoms with Gasteiger partial charge in [-0.3, -0.25) is 0 Å². The van der Waals surface area contributed by atoms with Crippen molar-refractivity contribution in [2.75, 3.05) is 0 Å². The first-order chi connectivity index (χ1) is 8.31. The summed E-state index contributed by atoms with van der Waals surface area (Å²) in [5.74, 6) is 1.64. The van der Waals surface area contributed by atoms with E-state index in [4.69, 9.17) is 4.74 Å². The van der Waals surface area contributed by atoms with E-state index >= 15 is 0 Å². The van der Waals surface area contributed by atoms with Gasteiger partial charge in [-0.05, 0) is 31.2 Å². The molecule has 1 aromatic heterocycles. The summed E-state index contributed by atoms with van der Waals surface area (Å²) >= 11 is 0. The number of fused-ring (bicyclic) bond motifs is 1. The highest BCUT2D eigenvalue weighted by atomic mass is 16.5. The summed E-state index contributed by atoms with van der Waals surface area (Å²) in [6.07, 6.45) is 1.68. The molecule has 84 valence electrons. The lowest BCUT2D eigenvalue weighted by Crippen LogP contribution is -1.84. The van der Waals surface area contributed by atoms with Gasteiger partial charge in [-0.15, -0.1) is 0 Å². The summed E-state index contributed by atoms with van der Waals surface area (Å²) < 4.78 is 5.76. The number of benzene rings is 2. The van der Waals surface area contributed by atoms with Gasteiger partial charge < -0.3 is 9.72 Å². The number of ether oxygens (including phenoxy) is 1. The van der Waals surface area contributed by atoms with E-state index in [2.05, 4.69) is 16.9 Å². The zero-order valence-corrected chi connectivity index (χ0v) is 9.47. The third-order valence-corrected chi connectivity index (χ3v) is 2.65. The fourth-order valence-electron chi connectivity index (χ4n) is 1.72. The number of aromatic amines is 1. The Kier molecular flexibility index (Phi) is 2.29. The SMILES string of the molecule is Cc1ccc(Oc2ccc3[nH]cnc3c2)cc1. The Morgan fingerprint density at radius 2 is 1.76 bits per heavy atom.